The number of anilines is 1. The van der Waals surface area contributed by atoms with Gasteiger partial charge >= 0.3 is 0 Å². The zero-order valence-corrected chi connectivity index (χ0v) is 14.9. The summed E-state index contributed by atoms with van der Waals surface area (Å²) in [4.78, 5) is 20.8. The average Bonchev–Trinajstić information content (AvgIpc) is 3.20. The molecule has 1 amide bonds. The highest BCUT2D eigenvalue weighted by Gasteiger charge is 2.35. The van der Waals surface area contributed by atoms with Crippen molar-refractivity contribution >= 4 is 52.5 Å². The summed E-state index contributed by atoms with van der Waals surface area (Å²) < 4.78 is 0. The number of halogens is 2. The molecule has 22 heavy (non-hydrogen) atoms. The minimum absolute atomic E-state index is 0. The Kier molecular flexibility index (Phi) is 5.64. The second-order valence-corrected chi connectivity index (χ2v) is 6.83. The van der Waals surface area contributed by atoms with E-state index in [4.69, 9.17) is 16.6 Å². The molecule has 120 valence electrons. The Balaban J connectivity index is 0.00000176. The van der Waals surface area contributed by atoms with Crippen LogP contribution in [0.5, 0.6) is 0 Å². The maximum atomic E-state index is 12.1. The van der Waals surface area contributed by atoms with Gasteiger partial charge in [0, 0.05) is 30.4 Å². The van der Waals surface area contributed by atoms with Crippen LogP contribution < -0.4 is 4.90 Å². The molecule has 0 N–H and O–H groups in total. The number of hydrogen-bond acceptors (Lipinski definition) is 3. The normalized spacial score (nSPS) is 22.6. The predicted molar refractivity (Wildman–Crippen MR) is 96.3 cm³/mol. The number of amidine groups is 1. The molecule has 0 radical (unpaired) electrons. The molecule has 1 saturated carbocycles. The van der Waals surface area contributed by atoms with E-state index in [0.29, 0.717) is 11.1 Å². The lowest BCUT2D eigenvalue weighted by Crippen LogP contribution is -2.48. The summed E-state index contributed by atoms with van der Waals surface area (Å²) in [6, 6.07) is 7.90. The Hall–Kier alpha value is -0.910. The van der Waals surface area contributed by atoms with Crippen LogP contribution in [0.4, 0.5) is 5.69 Å². The quantitative estimate of drug-likeness (QED) is 0.826. The first kappa shape index (κ1) is 17.4. The summed E-state index contributed by atoms with van der Waals surface area (Å²) in [6.07, 6.45) is 2.39. The van der Waals surface area contributed by atoms with Crippen LogP contribution in [-0.4, -0.2) is 41.0 Å². The highest BCUT2D eigenvalue weighted by Crippen LogP contribution is 2.32. The fourth-order valence-electron chi connectivity index (χ4n) is 2.39. The van der Waals surface area contributed by atoms with Gasteiger partial charge in [0.1, 0.15) is 6.17 Å². The second kappa shape index (κ2) is 7.11. The number of aliphatic imine (C=N–C) groups is 1. The van der Waals surface area contributed by atoms with Gasteiger partial charge in [0.15, 0.2) is 5.17 Å². The highest BCUT2D eigenvalue weighted by molar-refractivity contribution is 8.14. The molecule has 1 aliphatic carbocycles. The van der Waals surface area contributed by atoms with Crippen LogP contribution in [0.3, 0.4) is 0 Å². The molecule has 1 aromatic rings. The molecule has 0 aromatic heterocycles. The topological polar surface area (TPSA) is 35.9 Å². The zero-order chi connectivity index (χ0) is 15.0. The first-order valence-electron chi connectivity index (χ1n) is 7.05. The van der Waals surface area contributed by atoms with E-state index < -0.39 is 0 Å². The predicted octanol–water partition coefficient (Wildman–Crippen LogP) is 3.64. The summed E-state index contributed by atoms with van der Waals surface area (Å²) in [5.74, 6) is 0.868. The molecule has 1 saturated heterocycles. The molecule has 1 aliphatic heterocycles. The Morgan fingerprint density at radius 1 is 1.36 bits per heavy atom. The first-order valence-corrected chi connectivity index (χ1v) is 8.41. The van der Waals surface area contributed by atoms with Crippen molar-refractivity contribution in [1.29, 1.82) is 0 Å². The van der Waals surface area contributed by atoms with Crippen molar-refractivity contribution < 1.29 is 4.79 Å². The Morgan fingerprint density at radius 2 is 2.00 bits per heavy atom. The summed E-state index contributed by atoms with van der Waals surface area (Å²) in [6.45, 7) is 1.60. The number of hydrogen-bond donors (Lipinski definition) is 0. The third-order valence-electron chi connectivity index (χ3n) is 3.69. The van der Waals surface area contributed by atoms with Crippen LogP contribution in [0, 0.1) is 0 Å². The van der Waals surface area contributed by atoms with Crippen molar-refractivity contribution in [2.45, 2.75) is 32.0 Å². The number of nitrogens with zero attached hydrogens (tertiary/aromatic N) is 3. The number of amides is 1. The Bertz CT molecular complexity index is 575. The maximum absolute atomic E-state index is 12.1. The molecule has 2 aliphatic rings. The standard InChI is InChI=1S/C15H18ClN3OS.ClH/c1-10(20)19(13-7-3-11(16)4-8-13)14-9-21-15(18(14)2)17-12-5-6-12;/h3-4,7-8,12,14H,5-6,9H2,1-2H3;1H. The molecule has 2 fully saturated rings. The van der Waals surface area contributed by atoms with Gasteiger partial charge in [0.25, 0.3) is 0 Å². The third-order valence-corrected chi connectivity index (χ3v) is 5.06. The SMILES string of the molecule is CC(=O)N(c1ccc(Cl)cc1)C1CSC(=NC2CC2)N1C.Cl. The summed E-state index contributed by atoms with van der Waals surface area (Å²) in [7, 11) is 2.01. The van der Waals surface area contributed by atoms with E-state index >= 15 is 0 Å². The maximum Gasteiger partial charge on any atom is 0.225 e. The average molecular weight is 360 g/mol. The van der Waals surface area contributed by atoms with E-state index in [1.165, 1.54) is 12.8 Å². The third kappa shape index (κ3) is 3.70. The summed E-state index contributed by atoms with van der Waals surface area (Å²) in [5, 5.41) is 1.72. The van der Waals surface area contributed by atoms with Gasteiger partial charge in [-0.15, -0.1) is 12.4 Å². The van der Waals surface area contributed by atoms with Gasteiger partial charge in [-0.1, -0.05) is 23.4 Å². The first-order chi connectivity index (χ1) is 10.1. The molecule has 0 bridgehead atoms. The van der Waals surface area contributed by atoms with Gasteiger partial charge in [-0.25, -0.2) is 0 Å². The monoisotopic (exact) mass is 359 g/mol. The highest BCUT2D eigenvalue weighted by atomic mass is 35.5. The van der Waals surface area contributed by atoms with Crippen molar-refractivity contribution in [3.8, 4) is 0 Å². The second-order valence-electron chi connectivity index (χ2n) is 5.41. The van der Waals surface area contributed by atoms with Crippen LogP contribution in [0.1, 0.15) is 19.8 Å². The fraction of sp³-hybridized carbons (Fsp3) is 0.467. The molecule has 0 spiro atoms. The number of benzene rings is 1. The lowest BCUT2D eigenvalue weighted by atomic mass is 10.2. The van der Waals surface area contributed by atoms with Crippen LogP contribution in [-0.2, 0) is 4.79 Å². The van der Waals surface area contributed by atoms with E-state index in [0.717, 1.165) is 16.6 Å². The summed E-state index contributed by atoms with van der Waals surface area (Å²) in [5.41, 5.74) is 0.872. The van der Waals surface area contributed by atoms with Gasteiger partial charge in [0.05, 0.1) is 6.04 Å². The van der Waals surface area contributed by atoms with E-state index in [2.05, 4.69) is 4.90 Å². The van der Waals surface area contributed by atoms with E-state index in [-0.39, 0.29) is 24.5 Å². The van der Waals surface area contributed by atoms with Gasteiger partial charge in [-0.05, 0) is 37.1 Å². The smallest absolute Gasteiger partial charge is 0.225 e. The van der Waals surface area contributed by atoms with Crippen molar-refractivity contribution in [3.05, 3.63) is 29.3 Å². The van der Waals surface area contributed by atoms with Crippen molar-refractivity contribution in [3.63, 3.8) is 0 Å². The Morgan fingerprint density at radius 3 is 2.55 bits per heavy atom. The lowest BCUT2D eigenvalue weighted by molar-refractivity contribution is -0.117. The molecule has 4 nitrogen and oxygen atoms in total. The largest absolute Gasteiger partial charge is 0.333 e. The van der Waals surface area contributed by atoms with Crippen LogP contribution in [0.2, 0.25) is 5.02 Å². The minimum atomic E-state index is 0. The van der Waals surface area contributed by atoms with Crippen LogP contribution in [0.25, 0.3) is 0 Å². The fourth-order valence-corrected chi connectivity index (χ4v) is 3.74. The Labute approximate surface area is 146 Å². The van der Waals surface area contributed by atoms with Crippen LogP contribution in [0.15, 0.2) is 29.3 Å². The lowest BCUT2D eigenvalue weighted by Gasteiger charge is -2.32. The van der Waals surface area contributed by atoms with Gasteiger partial charge in [0.2, 0.25) is 5.91 Å². The molecular formula is C15H19Cl2N3OS. The number of carbonyl (C=O) groups is 1. The molecule has 1 atom stereocenters. The van der Waals surface area contributed by atoms with Crippen molar-refractivity contribution in [1.82, 2.24) is 4.90 Å². The zero-order valence-electron chi connectivity index (χ0n) is 12.5. The van der Waals surface area contributed by atoms with Crippen LogP contribution >= 0.6 is 35.8 Å². The molecule has 1 aromatic carbocycles. The number of rotatable bonds is 3. The number of carbonyl (C=O) groups excluding carboxylic acids is 1. The van der Waals surface area contributed by atoms with Gasteiger partial charge < -0.3 is 4.90 Å². The van der Waals surface area contributed by atoms with Gasteiger partial charge in [-0.2, -0.15) is 0 Å². The van der Waals surface area contributed by atoms with E-state index in [9.17, 15) is 4.79 Å². The molecule has 3 rings (SSSR count). The molecule has 1 heterocycles. The van der Waals surface area contributed by atoms with E-state index in [1.54, 1.807) is 18.7 Å². The van der Waals surface area contributed by atoms with Crippen molar-refractivity contribution in [2.24, 2.45) is 4.99 Å². The molecule has 7 heteroatoms. The molecule has 1 unspecified atom stereocenters. The summed E-state index contributed by atoms with van der Waals surface area (Å²) >= 11 is 7.66. The van der Waals surface area contributed by atoms with Crippen molar-refractivity contribution in [2.75, 3.05) is 17.7 Å². The van der Waals surface area contributed by atoms with E-state index in [1.807, 2.05) is 36.2 Å². The minimum Gasteiger partial charge on any atom is -0.333 e. The van der Waals surface area contributed by atoms with Gasteiger partial charge in [-0.3, -0.25) is 14.7 Å². The molecular weight excluding hydrogens is 341 g/mol. The number of thioether (sulfide) groups is 1.